The van der Waals surface area contributed by atoms with Gasteiger partial charge in [-0.1, -0.05) is 38.8 Å². The van der Waals surface area contributed by atoms with Gasteiger partial charge >= 0.3 is 5.97 Å². The number of carboxylic acid groups (broad SMARTS) is 1. The predicted molar refractivity (Wildman–Crippen MR) is 90.5 cm³/mol. The van der Waals surface area contributed by atoms with Crippen molar-refractivity contribution in [3.05, 3.63) is 29.8 Å². The van der Waals surface area contributed by atoms with Crippen LogP contribution in [0.5, 0.6) is 0 Å². The first-order valence-corrected chi connectivity index (χ1v) is 8.64. The predicted octanol–water partition coefficient (Wildman–Crippen LogP) is 3.95. The van der Waals surface area contributed by atoms with E-state index in [1.807, 2.05) is 24.3 Å². The van der Waals surface area contributed by atoms with Crippen LogP contribution in [0.4, 0.5) is 0 Å². The smallest absolute Gasteiger partial charge is 0.303 e. The van der Waals surface area contributed by atoms with E-state index in [0.29, 0.717) is 18.2 Å². The molecule has 0 aliphatic heterocycles. The van der Waals surface area contributed by atoms with Crippen molar-refractivity contribution in [2.24, 2.45) is 0 Å². The lowest BCUT2D eigenvalue weighted by molar-refractivity contribution is -0.137. The number of hydrogen-bond acceptors (Lipinski definition) is 3. The molecule has 1 amide bonds. The van der Waals surface area contributed by atoms with Gasteiger partial charge in [0.25, 0.3) is 5.91 Å². The molecular weight excluding hydrogens is 298 g/mol. The van der Waals surface area contributed by atoms with Crippen LogP contribution in [-0.4, -0.2) is 28.8 Å². The number of benzene rings is 1. The zero-order valence-corrected chi connectivity index (χ0v) is 14.1. The molecule has 0 fully saturated rings. The molecule has 0 saturated carbocycles. The second kappa shape index (κ2) is 10.3. The van der Waals surface area contributed by atoms with E-state index in [9.17, 15) is 9.59 Å². The van der Waals surface area contributed by atoms with E-state index in [2.05, 4.69) is 19.2 Å². The highest BCUT2D eigenvalue weighted by molar-refractivity contribution is 8.00. The summed E-state index contributed by atoms with van der Waals surface area (Å²) in [5.41, 5.74) is 0.729. The van der Waals surface area contributed by atoms with Gasteiger partial charge in [-0.15, -0.1) is 11.8 Å². The van der Waals surface area contributed by atoms with Crippen LogP contribution in [0.25, 0.3) is 0 Å². The third-order valence-electron chi connectivity index (χ3n) is 3.10. The van der Waals surface area contributed by atoms with Gasteiger partial charge in [-0.05, 0) is 25.0 Å². The van der Waals surface area contributed by atoms with Gasteiger partial charge < -0.3 is 10.4 Å². The van der Waals surface area contributed by atoms with E-state index in [-0.39, 0.29) is 12.3 Å². The Kier molecular flexibility index (Phi) is 8.67. The van der Waals surface area contributed by atoms with E-state index < -0.39 is 5.97 Å². The topological polar surface area (TPSA) is 66.4 Å². The van der Waals surface area contributed by atoms with Gasteiger partial charge in [-0.3, -0.25) is 9.59 Å². The number of rotatable bonds is 10. The lowest BCUT2D eigenvalue weighted by Gasteiger charge is -2.11. The fraction of sp³-hybridized carbons (Fsp3) is 0.529. The molecule has 0 aromatic heterocycles. The van der Waals surface area contributed by atoms with Crippen molar-refractivity contribution in [1.29, 1.82) is 0 Å². The molecule has 122 valence electrons. The summed E-state index contributed by atoms with van der Waals surface area (Å²) in [5.74, 6) is -0.776. The summed E-state index contributed by atoms with van der Waals surface area (Å²) in [6.45, 7) is 4.85. The largest absolute Gasteiger partial charge is 0.481 e. The van der Waals surface area contributed by atoms with Crippen LogP contribution < -0.4 is 5.32 Å². The molecule has 0 spiro atoms. The quantitative estimate of drug-likeness (QED) is 0.505. The average Bonchev–Trinajstić information content (AvgIpc) is 2.45. The number of aliphatic carboxylic acids is 1. The Bertz CT molecular complexity index is 489. The van der Waals surface area contributed by atoms with Crippen LogP contribution in [0.1, 0.15) is 56.3 Å². The number of thioether (sulfide) groups is 1. The van der Waals surface area contributed by atoms with E-state index >= 15 is 0 Å². The van der Waals surface area contributed by atoms with Crippen molar-refractivity contribution in [2.75, 3.05) is 6.54 Å². The molecule has 0 unspecified atom stereocenters. The van der Waals surface area contributed by atoms with E-state index in [1.165, 1.54) is 0 Å². The van der Waals surface area contributed by atoms with Crippen LogP contribution >= 0.6 is 11.8 Å². The van der Waals surface area contributed by atoms with Crippen molar-refractivity contribution < 1.29 is 14.7 Å². The zero-order valence-electron chi connectivity index (χ0n) is 13.3. The lowest BCUT2D eigenvalue weighted by atomic mass is 10.1. The van der Waals surface area contributed by atoms with Crippen LogP contribution in [0.15, 0.2) is 29.2 Å². The molecule has 0 saturated heterocycles. The van der Waals surface area contributed by atoms with Gasteiger partial charge in [0, 0.05) is 23.1 Å². The molecule has 0 heterocycles. The molecule has 0 aliphatic carbocycles. The first kappa shape index (κ1) is 18.6. The van der Waals surface area contributed by atoms with Gasteiger partial charge in [0.2, 0.25) is 0 Å². The molecule has 22 heavy (non-hydrogen) atoms. The Morgan fingerprint density at radius 3 is 2.50 bits per heavy atom. The minimum atomic E-state index is -0.743. The van der Waals surface area contributed by atoms with E-state index in [0.717, 1.165) is 29.7 Å². The van der Waals surface area contributed by atoms with Crippen LogP contribution in [0.3, 0.4) is 0 Å². The van der Waals surface area contributed by atoms with Gasteiger partial charge in [-0.25, -0.2) is 0 Å². The van der Waals surface area contributed by atoms with Crippen LogP contribution in [-0.2, 0) is 4.79 Å². The summed E-state index contributed by atoms with van der Waals surface area (Å²) in [7, 11) is 0. The molecule has 2 N–H and O–H groups in total. The van der Waals surface area contributed by atoms with Gasteiger partial charge in [0.05, 0.1) is 5.56 Å². The highest BCUT2D eigenvalue weighted by Crippen LogP contribution is 2.26. The average molecular weight is 323 g/mol. The standard InChI is InChI=1S/C17H25NO3S/c1-13(2)22-15-10-7-6-9-14(15)17(21)18-12-8-4-3-5-11-16(19)20/h6-7,9-10,13H,3-5,8,11-12H2,1-2H3,(H,18,21)(H,19,20). The number of carboxylic acids is 1. The maximum Gasteiger partial charge on any atom is 0.303 e. The number of amides is 1. The monoisotopic (exact) mass is 323 g/mol. The van der Waals surface area contributed by atoms with Crippen molar-refractivity contribution in [1.82, 2.24) is 5.32 Å². The van der Waals surface area contributed by atoms with Gasteiger partial charge in [-0.2, -0.15) is 0 Å². The highest BCUT2D eigenvalue weighted by atomic mass is 32.2. The lowest BCUT2D eigenvalue weighted by Crippen LogP contribution is -2.25. The number of carbonyl (C=O) groups is 2. The van der Waals surface area contributed by atoms with E-state index in [1.54, 1.807) is 11.8 Å². The highest BCUT2D eigenvalue weighted by Gasteiger charge is 2.11. The second-order valence-electron chi connectivity index (χ2n) is 5.48. The summed E-state index contributed by atoms with van der Waals surface area (Å²) in [6.07, 6.45) is 3.64. The number of nitrogens with one attached hydrogen (secondary N) is 1. The van der Waals surface area contributed by atoms with Crippen molar-refractivity contribution in [3.63, 3.8) is 0 Å². The Morgan fingerprint density at radius 1 is 1.14 bits per heavy atom. The fourth-order valence-corrected chi connectivity index (χ4v) is 3.02. The summed E-state index contributed by atoms with van der Waals surface area (Å²) >= 11 is 1.69. The summed E-state index contributed by atoms with van der Waals surface area (Å²) in [4.78, 5) is 23.6. The SMILES string of the molecule is CC(C)Sc1ccccc1C(=O)NCCCCCCC(=O)O. The Labute approximate surface area is 136 Å². The maximum atomic E-state index is 12.2. The molecule has 1 aromatic carbocycles. The molecule has 1 rings (SSSR count). The number of unbranched alkanes of at least 4 members (excludes halogenated alkanes) is 3. The molecule has 4 nitrogen and oxygen atoms in total. The van der Waals surface area contributed by atoms with E-state index in [4.69, 9.17) is 5.11 Å². The van der Waals surface area contributed by atoms with Crippen molar-refractivity contribution >= 4 is 23.6 Å². The molecule has 0 aliphatic rings. The Morgan fingerprint density at radius 2 is 1.82 bits per heavy atom. The minimum Gasteiger partial charge on any atom is -0.481 e. The van der Waals surface area contributed by atoms with Gasteiger partial charge in [0.15, 0.2) is 0 Å². The second-order valence-corrected chi connectivity index (χ2v) is 7.09. The maximum absolute atomic E-state index is 12.2. The van der Waals surface area contributed by atoms with Crippen molar-refractivity contribution in [3.8, 4) is 0 Å². The van der Waals surface area contributed by atoms with Crippen LogP contribution in [0, 0.1) is 0 Å². The molecular formula is C17H25NO3S. The Hall–Kier alpha value is -1.49. The summed E-state index contributed by atoms with van der Waals surface area (Å²) in [6, 6.07) is 7.66. The fourth-order valence-electron chi connectivity index (χ4n) is 2.06. The third kappa shape index (κ3) is 7.50. The molecule has 0 bridgehead atoms. The minimum absolute atomic E-state index is 0.0331. The molecule has 5 heteroatoms. The first-order chi connectivity index (χ1) is 10.5. The van der Waals surface area contributed by atoms with Crippen molar-refractivity contribution in [2.45, 2.75) is 56.1 Å². The third-order valence-corrected chi connectivity index (χ3v) is 4.18. The molecule has 0 radical (unpaired) electrons. The molecule has 1 aromatic rings. The van der Waals surface area contributed by atoms with Crippen LogP contribution in [0.2, 0.25) is 0 Å². The summed E-state index contributed by atoms with van der Waals surface area (Å²) < 4.78 is 0. The summed E-state index contributed by atoms with van der Waals surface area (Å²) in [5, 5.41) is 11.9. The number of hydrogen-bond donors (Lipinski definition) is 2. The first-order valence-electron chi connectivity index (χ1n) is 7.76. The zero-order chi connectivity index (χ0) is 16.4. The molecule has 0 atom stereocenters. The normalized spacial score (nSPS) is 10.7. The Balaban J connectivity index is 2.32. The van der Waals surface area contributed by atoms with Gasteiger partial charge in [0.1, 0.15) is 0 Å². The number of carbonyl (C=O) groups excluding carboxylic acids is 1.